The van der Waals surface area contributed by atoms with Gasteiger partial charge in [0.1, 0.15) is 5.78 Å². The summed E-state index contributed by atoms with van der Waals surface area (Å²) >= 11 is 0. The van der Waals surface area contributed by atoms with Gasteiger partial charge in [-0.05, 0) is 55.4 Å². The summed E-state index contributed by atoms with van der Waals surface area (Å²) in [6.07, 6.45) is 3.53. The molecule has 2 aromatic carbocycles. The van der Waals surface area contributed by atoms with Crippen LogP contribution in [0.3, 0.4) is 0 Å². The highest BCUT2D eigenvalue weighted by Gasteiger charge is 2.35. The number of ketones is 1. The Labute approximate surface area is 149 Å². The average Bonchev–Trinajstić information content (AvgIpc) is 3.02. The first kappa shape index (κ1) is 17.4. The zero-order valence-electron chi connectivity index (χ0n) is 14.6. The first-order valence-electron chi connectivity index (χ1n) is 9.02. The largest absolute Gasteiger partial charge is 0.462 e. The molecule has 130 valence electrons. The minimum absolute atomic E-state index is 0.0990. The summed E-state index contributed by atoms with van der Waals surface area (Å²) in [6, 6.07) is 17.8. The molecule has 0 spiro atoms. The molecule has 0 aromatic heterocycles. The Kier molecular flexibility index (Phi) is 5.64. The molecule has 0 aliphatic heterocycles. The highest BCUT2D eigenvalue weighted by atomic mass is 16.5. The number of Topliss-reactive ketones (excluding diaryl/α,β-unsaturated/α-hetero) is 1. The van der Waals surface area contributed by atoms with Crippen molar-refractivity contribution in [1.82, 2.24) is 0 Å². The van der Waals surface area contributed by atoms with Crippen molar-refractivity contribution in [2.45, 2.75) is 38.5 Å². The lowest BCUT2D eigenvalue weighted by atomic mass is 9.84. The Morgan fingerprint density at radius 3 is 2.68 bits per heavy atom. The minimum Gasteiger partial charge on any atom is -0.462 e. The van der Waals surface area contributed by atoms with E-state index in [1.807, 2.05) is 24.3 Å². The average molecular weight is 336 g/mol. The van der Waals surface area contributed by atoms with E-state index in [0.29, 0.717) is 30.3 Å². The van der Waals surface area contributed by atoms with E-state index >= 15 is 0 Å². The van der Waals surface area contributed by atoms with Crippen LogP contribution in [0.15, 0.2) is 54.6 Å². The molecular weight excluding hydrogens is 312 g/mol. The van der Waals surface area contributed by atoms with Crippen LogP contribution in [0.4, 0.5) is 0 Å². The van der Waals surface area contributed by atoms with Gasteiger partial charge in [0.15, 0.2) is 0 Å². The summed E-state index contributed by atoms with van der Waals surface area (Å²) in [5.74, 6) is 0.206. The molecule has 1 fully saturated rings. The van der Waals surface area contributed by atoms with Crippen molar-refractivity contribution >= 4 is 11.8 Å². The third-order valence-electron chi connectivity index (χ3n) is 4.98. The number of carbonyl (C=O) groups excluding carboxylic acids is 2. The Hall–Kier alpha value is -2.42. The second-order valence-electron chi connectivity index (χ2n) is 6.61. The lowest BCUT2D eigenvalue weighted by Crippen LogP contribution is -2.15. The number of rotatable bonds is 6. The maximum atomic E-state index is 12.5. The van der Waals surface area contributed by atoms with Gasteiger partial charge in [0.2, 0.25) is 0 Å². The summed E-state index contributed by atoms with van der Waals surface area (Å²) in [5.41, 5.74) is 2.79. The van der Waals surface area contributed by atoms with Crippen molar-refractivity contribution < 1.29 is 14.3 Å². The molecule has 0 bridgehead atoms. The van der Waals surface area contributed by atoms with Gasteiger partial charge in [-0.3, -0.25) is 4.79 Å². The number of ether oxygens (including phenoxy) is 1. The monoisotopic (exact) mass is 336 g/mol. The van der Waals surface area contributed by atoms with Crippen LogP contribution in [0.2, 0.25) is 0 Å². The molecule has 0 heterocycles. The van der Waals surface area contributed by atoms with Crippen LogP contribution >= 0.6 is 0 Å². The van der Waals surface area contributed by atoms with E-state index < -0.39 is 0 Å². The van der Waals surface area contributed by atoms with Crippen LogP contribution in [0, 0.1) is 5.92 Å². The van der Waals surface area contributed by atoms with Gasteiger partial charge in [0.05, 0.1) is 12.2 Å². The van der Waals surface area contributed by atoms with Crippen LogP contribution in [0.1, 0.15) is 53.6 Å². The predicted molar refractivity (Wildman–Crippen MR) is 97.6 cm³/mol. The van der Waals surface area contributed by atoms with Crippen molar-refractivity contribution in [3.63, 3.8) is 0 Å². The molecule has 1 saturated carbocycles. The number of carbonyl (C=O) groups is 2. The normalized spacial score (nSPS) is 19.8. The van der Waals surface area contributed by atoms with Crippen molar-refractivity contribution in [1.29, 1.82) is 0 Å². The van der Waals surface area contributed by atoms with Gasteiger partial charge in [0.25, 0.3) is 0 Å². The number of aryl methyl sites for hydroxylation is 1. The van der Waals surface area contributed by atoms with Crippen LogP contribution < -0.4 is 0 Å². The summed E-state index contributed by atoms with van der Waals surface area (Å²) in [5, 5.41) is 0. The molecule has 1 aliphatic rings. The van der Waals surface area contributed by atoms with E-state index in [9.17, 15) is 9.59 Å². The third kappa shape index (κ3) is 4.16. The number of esters is 1. The topological polar surface area (TPSA) is 43.4 Å². The zero-order valence-corrected chi connectivity index (χ0v) is 14.6. The number of hydrogen-bond acceptors (Lipinski definition) is 3. The molecule has 2 atom stereocenters. The fourth-order valence-corrected chi connectivity index (χ4v) is 3.75. The first-order chi connectivity index (χ1) is 12.2. The number of benzene rings is 2. The molecular formula is C22H24O3. The van der Waals surface area contributed by atoms with Crippen molar-refractivity contribution in [2.75, 3.05) is 6.61 Å². The lowest BCUT2D eigenvalue weighted by Gasteiger charge is -2.19. The molecule has 0 N–H and O–H groups in total. The van der Waals surface area contributed by atoms with E-state index in [4.69, 9.17) is 4.74 Å². The van der Waals surface area contributed by atoms with E-state index in [2.05, 4.69) is 24.3 Å². The molecule has 3 nitrogen and oxygen atoms in total. The summed E-state index contributed by atoms with van der Waals surface area (Å²) in [4.78, 5) is 24.5. The molecule has 25 heavy (non-hydrogen) atoms. The highest BCUT2D eigenvalue weighted by molar-refractivity contribution is 5.91. The van der Waals surface area contributed by atoms with Gasteiger partial charge in [0, 0.05) is 12.3 Å². The van der Waals surface area contributed by atoms with E-state index in [0.717, 1.165) is 24.8 Å². The maximum Gasteiger partial charge on any atom is 0.338 e. The minimum atomic E-state index is -0.323. The molecule has 0 unspecified atom stereocenters. The summed E-state index contributed by atoms with van der Waals surface area (Å²) < 4.78 is 5.08. The van der Waals surface area contributed by atoms with Gasteiger partial charge in [-0.2, -0.15) is 0 Å². The fraction of sp³-hybridized carbons (Fsp3) is 0.364. The second-order valence-corrected chi connectivity index (χ2v) is 6.61. The van der Waals surface area contributed by atoms with Crippen LogP contribution in [-0.4, -0.2) is 18.4 Å². The van der Waals surface area contributed by atoms with Gasteiger partial charge in [-0.25, -0.2) is 4.79 Å². The molecule has 0 amide bonds. The molecule has 0 saturated heterocycles. The number of hydrogen-bond donors (Lipinski definition) is 0. The van der Waals surface area contributed by atoms with Crippen molar-refractivity contribution in [3.8, 4) is 0 Å². The van der Waals surface area contributed by atoms with Crippen LogP contribution in [-0.2, 0) is 16.0 Å². The van der Waals surface area contributed by atoms with E-state index in [1.165, 1.54) is 5.56 Å². The molecule has 3 heteroatoms. The van der Waals surface area contributed by atoms with Gasteiger partial charge >= 0.3 is 5.97 Å². The molecule has 3 rings (SSSR count). The zero-order chi connectivity index (χ0) is 17.6. The highest BCUT2D eigenvalue weighted by Crippen LogP contribution is 2.39. The van der Waals surface area contributed by atoms with Crippen LogP contribution in [0.25, 0.3) is 0 Å². The fourth-order valence-electron chi connectivity index (χ4n) is 3.75. The molecule has 0 radical (unpaired) electrons. The predicted octanol–water partition coefficient (Wildman–Crippen LogP) is 4.56. The van der Waals surface area contributed by atoms with Crippen molar-refractivity contribution in [2.24, 2.45) is 5.92 Å². The van der Waals surface area contributed by atoms with E-state index in [-0.39, 0.29) is 11.9 Å². The molecule has 1 aliphatic carbocycles. The van der Waals surface area contributed by atoms with Gasteiger partial charge in [-0.15, -0.1) is 0 Å². The summed E-state index contributed by atoms with van der Waals surface area (Å²) in [7, 11) is 0. The van der Waals surface area contributed by atoms with Gasteiger partial charge < -0.3 is 4.74 Å². The smallest absolute Gasteiger partial charge is 0.338 e. The maximum absolute atomic E-state index is 12.5. The Bertz CT molecular complexity index is 736. The van der Waals surface area contributed by atoms with Crippen LogP contribution in [0.5, 0.6) is 0 Å². The van der Waals surface area contributed by atoms with Crippen molar-refractivity contribution in [3.05, 3.63) is 71.3 Å². The molecule has 2 aromatic rings. The Morgan fingerprint density at radius 1 is 1.12 bits per heavy atom. The lowest BCUT2D eigenvalue weighted by molar-refractivity contribution is -0.119. The summed E-state index contributed by atoms with van der Waals surface area (Å²) in [6.45, 7) is 2.15. The Morgan fingerprint density at radius 2 is 1.92 bits per heavy atom. The standard InChI is InChI=1S/C22H24O3/c1-2-25-22(24)19-10-6-9-18(15-19)21-17(13-14-20(21)23)12-11-16-7-4-3-5-8-16/h3-10,15,17,21H,2,11-14H2,1H3/t17-,21-/m0/s1. The third-order valence-corrected chi connectivity index (χ3v) is 4.98. The first-order valence-corrected chi connectivity index (χ1v) is 9.02. The Balaban J connectivity index is 1.75. The van der Waals surface area contributed by atoms with E-state index in [1.54, 1.807) is 13.0 Å². The second kappa shape index (κ2) is 8.11. The van der Waals surface area contributed by atoms with Gasteiger partial charge in [-0.1, -0.05) is 42.5 Å². The quantitative estimate of drug-likeness (QED) is 0.726. The SMILES string of the molecule is CCOC(=O)c1cccc([C@H]2C(=O)CC[C@@H]2CCc2ccccc2)c1.